The van der Waals surface area contributed by atoms with Gasteiger partial charge in [0, 0.05) is 28.6 Å². The van der Waals surface area contributed by atoms with Crippen molar-refractivity contribution in [3.8, 4) is 0 Å². The summed E-state index contributed by atoms with van der Waals surface area (Å²) in [5.74, 6) is -1.85. The van der Waals surface area contributed by atoms with Crippen molar-refractivity contribution in [2.24, 2.45) is 5.92 Å². The Hall–Kier alpha value is -2.57. The van der Waals surface area contributed by atoms with Gasteiger partial charge in [-0.25, -0.2) is 8.42 Å². The van der Waals surface area contributed by atoms with Crippen molar-refractivity contribution in [2.75, 3.05) is 25.6 Å². The topological polar surface area (TPSA) is 95.6 Å². The summed E-state index contributed by atoms with van der Waals surface area (Å²) in [6.07, 6.45) is -0.803. The van der Waals surface area contributed by atoms with Crippen LogP contribution in [0.4, 0.5) is 13.2 Å². The van der Waals surface area contributed by atoms with Gasteiger partial charge in [0.2, 0.25) is 5.91 Å². The summed E-state index contributed by atoms with van der Waals surface area (Å²) >= 11 is 1.52. The van der Waals surface area contributed by atoms with Crippen molar-refractivity contribution < 1.29 is 31.2 Å². The van der Waals surface area contributed by atoms with E-state index in [1.54, 1.807) is 24.3 Å². The molecule has 1 aliphatic rings. The Morgan fingerprint density at radius 1 is 1.10 bits per heavy atom. The molecule has 0 saturated heterocycles. The number of alkyl halides is 3. The normalized spacial score (nSPS) is 20.0. The molecule has 2 amide bonds. The molecule has 1 saturated carbocycles. The van der Waals surface area contributed by atoms with Crippen LogP contribution in [0.3, 0.4) is 0 Å². The van der Waals surface area contributed by atoms with E-state index in [1.165, 1.54) is 17.8 Å². The predicted molar refractivity (Wildman–Crippen MR) is 150 cm³/mol. The SMILES string of the molecule is CSc1ccc(S(=O)(=O)C[C@H]2C[C@@H](N(C)C(C)C)CC[C@@H]2NC(=O)CNC(=O)c2cccc(C(F)(F)F)c2)cc1. The van der Waals surface area contributed by atoms with Gasteiger partial charge >= 0.3 is 6.18 Å². The van der Waals surface area contributed by atoms with Gasteiger partial charge in [0.15, 0.2) is 9.84 Å². The van der Waals surface area contributed by atoms with Crippen molar-refractivity contribution in [1.29, 1.82) is 0 Å². The van der Waals surface area contributed by atoms with Crippen LogP contribution < -0.4 is 10.6 Å². The first-order valence-corrected chi connectivity index (χ1v) is 15.9. The first kappa shape index (κ1) is 32.0. The second kappa shape index (κ2) is 13.4. The zero-order chi connectivity index (χ0) is 29.7. The summed E-state index contributed by atoms with van der Waals surface area (Å²) in [7, 11) is -1.64. The summed E-state index contributed by atoms with van der Waals surface area (Å²) in [5.41, 5.74) is -1.17. The molecule has 0 unspecified atom stereocenters. The van der Waals surface area contributed by atoms with Crippen LogP contribution in [0.25, 0.3) is 0 Å². The number of thioether (sulfide) groups is 1. The molecule has 7 nitrogen and oxygen atoms in total. The number of carbonyl (C=O) groups is 2. The van der Waals surface area contributed by atoms with E-state index in [4.69, 9.17) is 0 Å². The van der Waals surface area contributed by atoms with Crippen LogP contribution in [0.5, 0.6) is 0 Å². The van der Waals surface area contributed by atoms with Gasteiger partial charge in [0.1, 0.15) is 0 Å². The lowest BCUT2D eigenvalue weighted by atomic mass is 9.81. The highest BCUT2D eigenvalue weighted by atomic mass is 32.2. The lowest BCUT2D eigenvalue weighted by Crippen LogP contribution is -2.52. The summed E-state index contributed by atoms with van der Waals surface area (Å²) < 4.78 is 65.6. The third-order valence-electron chi connectivity index (χ3n) is 7.41. The molecule has 0 aliphatic heterocycles. The minimum Gasteiger partial charge on any atom is -0.352 e. The molecule has 40 heavy (non-hydrogen) atoms. The first-order valence-electron chi connectivity index (χ1n) is 13.0. The molecule has 3 rings (SSSR count). The van der Waals surface area contributed by atoms with Crippen LogP contribution in [0.15, 0.2) is 58.3 Å². The van der Waals surface area contributed by atoms with Crippen molar-refractivity contribution in [3.05, 3.63) is 59.7 Å². The molecule has 0 radical (unpaired) electrons. The Labute approximate surface area is 238 Å². The highest BCUT2D eigenvalue weighted by molar-refractivity contribution is 7.98. The molecule has 2 aromatic carbocycles. The molecule has 1 fully saturated rings. The fourth-order valence-electron chi connectivity index (χ4n) is 4.92. The van der Waals surface area contributed by atoms with E-state index in [-0.39, 0.29) is 34.2 Å². The second-order valence-electron chi connectivity index (χ2n) is 10.4. The van der Waals surface area contributed by atoms with Crippen LogP contribution in [-0.2, 0) is 20.8 Å². The highest BCUT2D eigenvalue weighted by Crippen LogP contribution is 2.32. The quantitative estimate of drug-likeness (QED) is 0.387. The number of hydrogen-bond donors (Lipinski definition) is 2. The van der Waals surface area contributed by atoms with Gasteiger partial charge < -0.3 is 15.5 Å². The maximum atomic E-state index is 13.3. The lowest BCUT2D eigenvalue weighted by molar-refractivity contribution is -0.137. The number of benzene rings is 2. The van der Waals surface area contributed by atoms with Crippen LogP contribution in [-0.4, -0.2) is 68.9 Å². The van der Waals surface area contributed by atoms with Crippen LogP contribution in [0.1, 0.15) is 49.0 Å². The second-order valence-corrected chi connectivity index (χ2v) is 13.3. The predicted octanol–water partition coefficient (Wildman–Crippen LogP) is 4.62. The van der Waals surface area contributed by atoms with Crippen molar-refractivity contribution in [1.82, 2.24) is 15.5 Å². The van der Waals surface area contributed by atoms with E-state index >= 15 is 0 Å². The molecule has 0 bridgehead atoms. The standard InChI is InChI=1S/C28H36F3N3O4S2/c1-18(2)34(3)22-8-13-25(20(15-22)17-40(37,38)24-11-9-23(39-4)10-12-24)33-26(35)16-32-27(36)19-6-5-7-21(14-19)28(29,30)31/h5-7,9-12,14,18,20,22,25H,8,13,15-17H2,1-4H3,(H,32,36)(H,33,35)/t20-,22+,25+/m1/s1. The molecule has 0 heterocycles. The van der Waals surface area contributed by atoms with E-state index in [9.17, 15) is 31.2 Å². The number of nitrogens with one attached hydrogen (secondary N) is 2. The summed E-state index contributed by atoms with van der Waals surface area (Å²) in [5, 5.41) is 5.23. The summed E-state index contributed by atoms with van der Waals surface area (Å²) in [6.45, 7) is 3.69. The Balaban J connectivity index is 1.70. The van der Waals surface area contributed by atoms with Crippen molar-refractivity contribution in [2.45, 2.75) is 67.2 Å². The molecule has 0 spiro atoms. The van der Waals surface area contributed by atoms with Crippen molar-refractivity contribution >= 4 is 33.4 Å². The highest BCUT2D eigenvalue weighted by Gasteiger charge is 2.37. The Morgan fingerprint density at radius 3 is 2.38 bits per heavy atom. The van der Waals surface area contributed by atoms with Crippen LogP contribution in [0, 0.1) is 5.92 Å². The molecular weight excluding hydrogens is 563 g/mol. The van der Waals surface area contributed by atoms with E-state index in [1.807, 2.05) is 13.3 Å². The Kier molecular flexibility index (Phi) is 10.7. The van der Waals surface area contributed by atoms with E-state index in [0.29, 0.717) is 12.8 Å². The van der Waals surface area contributed by atoms with Gasteiger partial charge in [-0.1, -0.05) is 6.07 Å². The number of rotatable bonds is 10. The maximum absolute atomic E-state index is 13.3. The molecule has 2 aromatic rings. The van der Waals surface area contributed by atoms with Crippen LogP contribution in [0.2, 0.25) is 0 Å². The third kappa shape index (κ3) is 8.47. The smallest absolute Gasteiger partial charge is 0.352 e. The molecule has 3 atom stereocenters. The van der Waals surface area contributed by atoms with Gasteiger partial charge in [0.25, 0.3) is 5.91 Å². The molecule has 2 N–H and O–H groups in total. The number of hydrogen-bond acceptors (Lipinski definition) is 6. The van der Waals surface area contributed by atoms with E-state index in [0.717, 1.165) is 29.5 Å². The number of sulfone groups is 1. The number of nitrogens with zero attached hydrogens (tertiary/aromatic N) is 1. The molecular formula is C28H36F3N3O4S2. The minimum absolute atomic E-state index is 0.143. The molecule has 0 aromatic heterocycles. The zero-order valence-corrected chi connectivity index (χ0v) is 24.6. The first-order chi connectivity index (χ1) is 18.7. The Morgan fingerprint density at radius 2 is 1.77 bits per heavy atom. The summed E-state index contributed by atoms with van der Waals surface area (Å²) in [4.78, 5) is 28.6. The minimum atomic E-state index is -4.59. The molecule has 12 heteroatoms. The van der Waals surface area contributed by atoms with Gasteiger partial charge in [0.05, 0.1) is 22.8 Å². The Bertz CT molecular complexity index is 1280. The average Bonchev–Trinajstić information content (AvgIpc) is 2.91. The third-order valence-corrected chi connectivity index (χ3v) is 10.0. The zero-order valence-electron chi connectivity index (χ0n) is 23.0. The van der Waals surface area contributed by atoms with Gasteiger partial charge in [-0.3, -0.25) is 9.59 Å². The number of halogens is 3. The van der Waals surface area contributed by atoms with Gasteiger partial charge in [-0.05, 0) is 94.8 Å². The maximum Gasteiger partial charge on any atom is 0.416 e. The largest absolute Gasteiger partial charge is 0.416 e. The number of carbonyl (C=O) groups excluding carboxylic acids is 2. The van der Waals surface area contributed by atoms with Crippen LogP contribution >= 0.6 is 11.8 Å². The molecule has 1 aliphatic carbocycles. The van der Waals surface area contributed by atoms with Gasteiger partial charge in [-0.15, -0.1) is 11.8 Å². The van der Waals surface area contributed by atoms with E-state index in [2.05, 4.69) is 29.4 Å². The van der Waals surface area contributed by atoms with Crippen molar-refractivity contribution in [3.63, 3.8) is 0 Å². The average molecular weight is 600 g/mol. The lowest BCUT2D eigenvalue weighted by Gasteiger charge is -2.41. The summed E-state index contributed by atoms with van der Waals surface area (Å²) in [6, 6.07) is 10.7. The fourth-order valence-corrected chi connectivity index (χ4v) is 7.01. The molecule has 220 valence electrons. The number of amides is 2. The van der Waals surface area contributed by atoms with Gasteiger partial charge in [-0.2, -0.15) is 13.2 Å². The monoisotopic (exact) mass is 599 g/mol. The fraction of sp³-hybridized carbons (Fsp3) is 0.500. The van der Waals surface area contributed by atoms with E-state index < -0.39 is 46.0 Å².